The van der Waals surface area contributed by atoms with Crippen LogP contribution >= 0.6 is 11.6 Å². The van der Waals surface area contributed by atoms with Crippen LogP contribution in [0.5, 0.6) is 0 Å². The molecule has 1 unspecified atom stereocenters. The van der Waals surface area contributed by atoms with Crippen LogP contribution in [0.3, 0.4) is 0 Å². The zero-order valence-electron chi connectivity index (χ0n) is 7.83. The number of hydrogen-bond acceptors (Lipinski definition) is 2. The average Bonchev–Trinajstić information content (AvgIpc) is 2.17. The number of hydrogen-bond donors (Lipinski definition) is 0. The highest BCUT2D eigenvalue weighted by molar-refractivity contribution is 7.85. The van der Waals surface area contributed by atoms with Gasteiger partial charge in [0.15, 0.2) is 5.78 Å². The van der Waals surface area contributed by atoms with Gasteiger partial charge in [-0.2, -0.15) is 0 Å². The van der Waals surface area contributed by atoms with Gasteiger partial charge in [-0.15, -0.1) is 0 Å². The van der Waals surface area contributed by atoms with E-state index in [-0.39, 0.29) is 11.5 Å². The molecule has 1 atom stereocenters. The average molecular weight is 231 g/mol. The van der Waals surface area contributed by atoms with Gasteiger partial charge in [0.1, 0.15) is 0 Å². The number of benzene rings is 1. The molecule has 1 aromatic rings. The van der Waals surface area contributed by atoms with Gasteiger partial charge in [0, 0.05) is 27.1 Å². The summed E-state index contributed by atoms with van der Waals surface area (Å²) in [5.41, 5.74) is 0.527. The molecule has 0 aliphatic carbocycles. The van der Waals surface area contributed by atoms with Gasteiger partial charge in [0.25, 0.3) is 0 Å². The first kappa shape index (κ1) is 11.4. The summed E-state index contributed by atoms with van der Waals surface area (Å²) in [6.07, 6.45) is 0. The van der Waals surface area contributed by atoms with Gasteiger partial charge in [0.2, 0.25) is 0 Å². The Labute approximate surface area is 90.7 Å². The van der Waals surface area contributed by atoms with E-state index in [2.05, 4.69) is 0 Å². The van der Waals surface area contributed by atoms with Crippen molar-refractivity contribution in [2.45, 2.75) is 6.92 Å². The molecule has 1 rings (SSSR count). The number of Topliss-reactive ketones (excluding diaryl/α,β-unsaturated/α-hetero) is 1. The second kappa shape index (κ2) is 5.27. The summed E-state index contributed by atoms with van der Waals surface area (Å²) in [5.74, 6) is 0.469. The molecule has 14 heavy (non-hydrogen) atoms. The highest BCUT2D eigenvalue weighted by atomic mass is 35.5. The Morgan fingerprint density at radius 2 is 2.21 bits per heavy atom. The van der Waals surface area contributed by atoms with Crippen molar-refractivity contribution in [2.24, 2.45) is 0 Å². The SMILES string of the molecule is CCS(=O)CC(=O)c1cccc(Cl)c1. The van der Waals surface area contributed by atoms with Crippen molar-refractivity contribution in [2.75, 3.05) is 11.5 Å². The van der Waals surface area contributed by atoms with E-state index in [0.29, 0.717) is 16.3 Å². The molecule has 0 spiro atoms. The van der Waals surface area contributed by atoms with Crippen molar-refractivity contribution < 1.29 is 9.00 Å². The van der Waals surface area contributed by atoms with E-state index in [1.807, 2.05) is 0 Å². The Bertz CT molecular complexity index is 363. The third-order valence-electron chi connectivity index (χ3n) is 1.76. The second-order valence-electron chi connectivity index (χ2n) is 2.81. The van der Waals surface area contributed by atoms with Gasteiger partial charge >= 0.3 is 0 Å². The maximum absolute atomic E-state index is 11.5. The quantitative estimate of drug-likeness (QED) is 0.744. The summed E-state index contributed by atoms with van der Waals surface area (Å²) in [6.45, 7) is 1.79. The molecular weight excluding hydrogens is 220 g/mol. The fourth-order valence-electron chi connectivity index (χ4n) is 0.994. The third kappa shape index (κ3) is 3.24. The molecule has 76 valence electrons. The monoisotopic (exact) mass is 230 g/mol. The van der Waals surface area contributed by atoms with Gasteiger partial charge in [0.05, 0.1) is 5.75 Å². The predicted molar refractivity (Wildman–Crippen MR) is 59.3 cm³/mol. The summed E-state index contributed by atoms with van der Waals surface area (Å²) < 4.78 is 11.1. The lowest BCUT2D eigenvalue weighted by Gasteiger charge is -2.00. The molecule has 0 saturated carbocycles. The molecule has 0 aromatic heterocycles. The van der Waals surface area contributed by atoms with Crippen LogP contribution in [0.4, 0.5) is 0 Å². The molecule has 2 nitrogen and oxygen atoms in total. The summed E-state index contributed by atoms with van der Waals surface area (Å²) in [4.78, 5) is 11.5. The lowest BCUT2D eigenvalue weighted by Crippen LogP contribution is -2.11. The fourth-order valence-corrected chi connectivity index (χ4v) is 1.85. The van der Waals surface area contributed by atoms with Crippen molar-refractivity contribution in [3.63, 3.8) is 0 Å². The molecule has 0 aliphatic heterocycles. The van der Waals surface area contributed by atoms with Crippen molar-refractivity contribution in [1.29, 1.82) is 0 Å². The molecule has 0 aliphatic rings. The number of halogens is 1. The Kier molecular flexibility index (Phi) is 4.29. The maximum atomic E-state index is 11.5. The van der Waals surface area contributed by atoms with E-state index in [4.69, 9.17) is 11.6 Å². The molecule has 4 heteroatoms. The normalized spacial score (nSPS) is 12.4. The number of carbonyl (C=O) groups is 1. The third-order valence-corrected chi connectivity index (χ3v) is 3.22. The summed E-state index contributed by atoms with van der Waals surface area (Å²) >= 11 is 5.73. The lowest BCUT2D eigenvalue weighted by molar-refractivity contribution is 0.102. The van der Waals surface area contributed by atoms with Crippen LogP contribution in [0.15, 0.2) is 24.3 Å². The Morgan fingerprint density at radius 3 is 2.79 bits per heavy atom. The topological polar surface area (TPSA) is 34.1 Å². The summed E-state index contributed by atoms with van der Waals surface area (Å²) in [7, 11) is -1.06. The van der Waals surface area contributed by atoms with Crippen LogP contribution in [-0.2, 0) is 10.8 Å². The van der Waals surface area contributed by atoms with Crippen LogP contribution in [0.2, 0.25) is 5.02 Å². The molecule has 0 saturated heterocycles. The molecular formula is C10H11ClO2S. The first-order valence-corrected chi connectivity index (χ1v) is 6.14. The summed E-state index contributed by atoms with van der Waals surface area (Å²) in [6, 6.07) is 6.69. The largest absolute Gasteiger partial charge is 0.293 e. The first-order valence-electron chi connectivity index (χ1n) is 4.27. The van der Waals surface area contributed by atoms with E-state index >= 15 is 0 Å². The standard InChI is InChI=1S/C10H11ClO2S/c1-2-14(13)7-10(12)8-4-3-5-9(11)6-8/h3-6H,2,7H2,1H3. The number of carbonyl (C=O) groups excluding carboxylic acids is 1. The van der Waals surface area contributed by atoms with Crippen LogP contribution < -0.4 is 0 Å². The van der Waals surface area contributed by atoms with Gasteiger partial charge < -0.3 is 0 Å². The summed E-state index contributed by atoms with van der Waals surface area (Å²) in [5, 5.41) is 0.526. The zero-order chi connectivity index (χ0) is 10.6. The van der Waals surface area contributed by atoms with Crippen molar-refractivity contribution in [3.8, 4) is 0 Å². The number of ketones is 1. The van der Waals surface area contributed by atoms with Gasteiger partial charge in [-0.05, 0) is 12.1 Å². The minimum atomic E-state index is -1.06. The predicted octanol–water partition coefficient (Wildman–Crippen LogP) is 2.29. The van der Waals surface area contributed by atoms with Crippen LogP contribution in [0.25, 0.3) is 0 Å². The van der Waals surface area contributed by atoms with E-state index in [1.165, 1.54) is 0 Å². The second-order valence-corrected chi connectivity index (χ2v) is 4.99. The molecule has 0 amide bonds. The molecule has 0 N–H and O–H groups in total. The molecule has 0 fully saturated rings. The van der Waals surface area contributed by atoms with Gasteiger partial charge in [-0.25, -0.2) is 0 Å². The molecule has 0 heterocycles. The Balaban J connectivity index is 2.75. The van der Waals surface area contributed by atoms with Crippen LogP contribution in [-0.4, -0.2) is 21.5 Å². The van der Waals surface area contributed by atoms with E-state index in [1.54, 1.807) is 31.2 Å². The zero-order valence-corrected chi connectivity index (χ0v) is 9.40. The minimum absolute atomic E-state index is 0.0802. The van der Waals surface area contributed by atoms with Crippen molar-refractivity contribution in [1.82, 2.24) is 0 Å². The first-order chi connectivity index (χ1) is 6.63. The molecule has 0 radical (unpaired) electrons. The Morgan fingerprint density at radius 1 is 1.50 bits per heavy atom. The lowest BCUT2D eigenvalue weighted by atomic mass is 10.1. The maximum Gasteiger partial charge on any atom is 0.175 e. The van der Waals surface area contributed by atoms with Gasteiger partial charge in [-0.3, -0.25) is 9.00 Å². The van der Waals surface area contributed by atoms with E-state index in [0.717, 1.165) is 0 Å². The smallest absolute Gasteiger partial charge is 0.175 e. The minimum Gasteiger partial charge on any atom is -0.293 e. The van der Waals surface area contributed by atoms with E-state index < -0.39 is 10.8 Å². The molecule has 0 bridgehead atoms. The number of rotatable bonds is 4. The van der Waals surface area contributed by atoms with Crippen LogP contribution in [0, 0.1) is 0 Å². The fraction of sp³-hybridized carbons (Fsp3) is 0.300. The van der Waals surface area contributed by atoms with Gasteiger partial charge in [-0.1, -0.05) is 30.7 Å². The van der Waals surface area contributed by atoms with Crippen LogP contribution in [0.1, 0.15) is 17.3 Å². The van der Waals surface area contributed by atoms with E-state index in [9.17, 15) is 9.00 Å². The van der Waals surface area contributed by atoms with Crippen molar-refractivity contribution >= 4 is 28.2 Å². The highest BCUT2D eigenvalue weighted by Gasteiger charge is 2.09. The van der Waals surface area contributed by atoms with Crippen molar-refractivity contribution in [3.05, 3.63) is 34.9 Å². The highest BCUT2D eigenvalue weighted by Crippen LogP contribution is 2.11. The Hall–Kier alpha value is -0.670. The molecule has 1 aromatic carbocycles.